The highest BCUT2D eigenvalue weighted by Crippen LogP contribution is 2.33. The number of hydrogen-bond acceptors (Lipinski definition) is 1. The zero-order valence-corrected chi connectivity index (χ0v) is 4.94. The first-order chi connectivity index (χ1) is 3.88. The number of alkyl halides is 1. The first kappa shape index (κ1) is 6.02. The minimum atomic E-state index is -0.165. The molecule has 0 amide bonds. The van der Waals surface area contributed by atoms with Crippen LogP contribution in [0.5, 0.6) is 0 Å². The van der Waals surface area contributed by atoms with E-state index in [9.17, 15) is 4.39 Å². The van der Waals surface area contributed by atoms with Crippen molar-refractivity contribution in [3.8, 4) is 0 Å². The van der Waals surface area contributed by atoms with Crippen LogP contribution in [0.1, 0.15) is 12.8 Å². The quantitative estimate of drug-likeness (QED) is 0.572. The Bertz CT molecular complexity index is 60.9. The molecule has 2 unspecified atom stereocenters. The molecule has 8 heavy (non-hydrogen) atoms. The maximum absolute atomic E-state index is 11.8. The molecule has 2 atom stereocenters. The predicted octanol–water partition coefficient (Wildman–Crippen LogP) is 0.941. The van der Waals surface area contributed by atoms with E-state index >= 15 is 0 Å². The Morgan fingerprint density at radius 1 is 1.38 bits per heavy atom. The molecule has 0 saturated heterocycles. The van der Waals surface area contributed by atoms with Crippen molar-refractivity contribution in [2.24, 2.45) is 17.6 Å². The van der Waals surface area contributed by atoms with Crippen LogP contribution in [0.3, 0.4) is 0 Å². The highest BCUT2D eigenvalue weighted by atomic mass is 19.1. The first-order valence-corrected chi connectivity index (χ1v) is 3.14. The van der Waals surface area contributed by atoms with E-state index in [1.54, 1.807) is 0 Å². The van der Waals surface area contributed by atoms with Gasteiger partial charge in [0.15, 0.2) is 0 Å². The Morgan fingerprint density at radius 2 is 2.00 bits per heavy atom. The maximum atomic E-state index is 11.8. The van der Waals surface area contributed by atoms with Gasteiger partial charge >= 0.3 is 0 Å². The monoisotopic (exact) mass is 117 g/mol. The van der Waals surface area contributed by atoms with E-state index < -0.39 is 0 Å². The summed E-state index contributed by atoms with van der Waals surface area (Å²) in [6, 6.07) is 0. The van der Waals surface area contributed by atoms with Gasteiger partial charge in [-0.2, -0.15) is 0 Å². The third-order valence-corrected chi connectivity index (χ3v) is 2.08. The summed E-state index contributed by atoms with van der Waals surface area (Å²) in [6.45, 7) is 0.510. The van der Waals surface area contributed by atoms with Crippen LogP contribution in [0.2, 0.25) is 0 Å². The Labute approximate surface area is 49.1 Å². The molecule has 1 aliphatic carbocycles. The largest absolute Gasteiger partial charge is 0.330 e. The van der Waals surface area contributed by atoms with E-state index in [4.69, 9.17) is 5.73 Å². The fourth-order valence-electron chi connectivity index (χ4n) is 1.15. The molecule has 2 N–H and O–H groups in total. The van der Waals surface area contributed by atoms with Crippen molar-refractivity contribution >= 4 is 0 Å². The summed E-state index contributed by atoms with van der Waals surface area (Å²) in [5.74, 6) is 0.806. The molecule has 1 fully saturated rings. The molecule has 0 bridgehead atoms. The van der Waals surface area contributed by atoms with Crippen LogP contribution in [0, 0.1) is 11.8 Å². The second kappa shape index (κ2) is 2.44. The summed E-state index contributed by atoms with van der Waals surface area (Å²) in [4.78, 5) is 0. The fraction of sp³-hybridized carbons (Fsp3) is 1.00. The van der Waals surface area contributed by atoms with E-state index in [0.29, 0.717) is 18.4 Å². The van der Waals surface area contributed by atoms with Gasteiger partial charge in [0, 0.05) is 0 Å². The van der Waals surface area contributed by atoms with Crippen molar-refractivity contribution in [2.45, 2.75) is 12.8 Å². The van der Waals surface area contributed by atoms with Gasteiger partial charge in [-0.1, -0.05) is 0 Å². The number of hydrogen-bond donors (Lipinski definition) is 1. The lowest BCUT2D eigenvalue weighted by Gasteiger charge is -2.33. The molecule has 0 spiro atoms. The average molecular weight is 117 g/mol. The maximum Gasteiger partial charge on any atom is 0.0925 e. The molecule has 0 heterocycles. The SMILES string of the molecule is NCC1CCC1CF. The van der Waals surface area contributed by atoms with Gasteiger partial charge in [0.05, 0.1) is 6.67 Å². The summed E-state index contributed by atoms with van der Waals surface area (Å²) in [7, 11) is 0. The van der Waals surface area contributed by atoms with E-state index in [2.05, 4.69) is 0 Å². The zero-order valence-electron chi connectivity index (χ0n) is 4.94. The smallest absolute Gasteiger partial charge is 0.0925 e. The summed E-state index contributed by atoms with van der Waals surface area (Å²) < 4.78 is 11.8. The van der Waals surface area contributed by atoms with Crippen LogP contribution in [0.15, 0.2) is 0 Å². The van der Waals surface area contributed by atoms with Gasteiger partial charge in [0.25, 0.3) is 0 Å². The minimum Gasteiger partial charge on any atom is -0.330 e. The topological polar surface area (TPSA) is 26.0 Å². The van der Waals surface area contributed by atoms with Gasteiger partial charge < -0.3 is 5.73 Å². The zero-order chi connectivity index (χ0) is 5.98. The van der Waals surface area contributed by atoms with Crippen molar-refractivity contribution < 1.29 is 4.39 Å². The molecule has 0 aromatic rings. The van der Waals surface area contributed by atoms with Gasteiger partial charge in [-0.3, -0.25) is 4.39 Å². The van der Waals surface area contributed by atoms with E-state index in [-0.39, 0.29) is 6.67 Å². The van der Waals surface area contributed by atoms with E-state index in [0.717, 1.165) is 12.8 Å². The Balaban J connectivity index is 2.16. The van der Waals surface area contributed by atoms with Crippen LogP contribution in [-0.2, 0) is 0 Å². The molecular weight excluding hydrogens is 105 g/mol. The summed E-state index contributed by atoms with van der Waals surface area (Å²) in [6.07, 6.45) is 2.20. The Kier molecular flexibility index (Phi) is 1.84. The molecular formula is C6H12FN. The lowest BCUT2D eigenvalue weighted by atomic mass is 9.75. The minimum absolute atomic E-state index is 0.165. The second-order valence-corrected chi connectivity index (χ2v) is 2.49. The molecule has 2 heteroatoms. The number of nitrogens with two attached hydrogens (primary N) is 1. The summed E-state index contributed by atoms with van der Waals surface area (Å²) >= 11 is 0. The summed E-state index contributed by atoms with van der Waals surface area (Å²) in [5.41, 5.74) is 5.33. The molecule has 0 aromatic heterocycles. The molecule has 1 aliphatic rings. The van der Waals surface area contributed by atoms with Crippen LogP contribution in [-0.4, -0.2) is 13.2 Å². The van der Waals surface area contributed by atoms with Crippen molar-refractivity contribution in [1.82, 2.24) is 0 Å². The molecule has 0 aromatic carbocycles. The molecule has 0 aliphatic heterocycles. The molecule has 0 radical (unpaired) electrons. The lowest BCUT2D eigenvalue weighted by Crippen LogP contribution is -2.33. The molecule has 1 nitrogen and oxygen atoms in total. The van der Waals surface area contributed by atoms with Gasteiger partial charge in [-0.05, 0) is 31.2 Å². The molecule has 1 saturated carbocycles. The number of rotatable bonds is 2. The van der Waals surface area contributed by atoms with Gasteiger partial charge in [-0.15, -0.1) is 0 Å². The molecule has 48 valence electrons. The Morgan fingerprint density at radius 3 is 2.12 bits per heavy atom. The third-order valence-electron chi connectivity index (χ3n) is 2.08. The third kappa shape index (κ3) is 0.848. The van der Waals surface area contributed by atoms with Gasteiger partial charge in [0.1, 0.15) is 0 Å². The van der Waals surface area contributed by atoms with E-state index in [1.165, 1.54) is 0 Å². The van der Waals surface area contributed by atoms with Crippen LogP contribution in [0.4, 0.5) is 4.39 Å². The fourth-order valence-corrected chi connectivity index (χ4v) is 1.15. The van der Waals surface area contributed by atoms with Crippen molar-refractivity contribution in [2.75, 3.05) is 13.2 Å². The molecule has 1 rings (SSSR count). The standard InChI is InChI=1S/C6H12FN/c7-3-5-1-2-6(5)4-8/h5-6H,1-4,8H2. The van der Waals surface area contributed by atoms with Crippen molar-refractivity contribution in [1.29, 1.82) is 0 Å². The van der Waals surface area contributed by atoms with Crippen molar-refractivity contribution in [3.63, 3.8) is 0 Å². The average Bonchev–Trinajstić information content (AvgIpc) is 1.66. The van der Waals surface area contributed by atoms with Crippen LogP contribution in [0.25, 0.3) is 0 Å². The lowest BCUT2D eigenvalue weighted by molar-refractivity contribution is 0.144. The van der Waals surface area contributed by atoms with Gasteiger partial charge in [0.2, 0.25) is 0 Å². The Hall–Kier alpha value is -0.110. The number of halogens is 1. The normalized spacial score (nSPS) is 36.8. The highest BCUT2D eigenvalue weighted by molar-refractivity contribution is 4.80. The predicted molar refractivity (Wildman–Crippen MR) is 31.2 cm³/mol. The van der Waals surface area contributed by atoms with Crippen LogP contribution >= 0.6 is 0 Å². The van der Waals surface area contributed by atoms with Gasteiger partial charge in [-0.25, -0.2) is 0 Å². The second-order valence-electron chi connectivity index (χ2n) is 2.49. The van der Waals surface area contributed by atoms with E-state index in [1.807, 2.05) is 0 Å². The van der Waals surface area contributed by atoms with Crippen molar-refractivity contribution in [3.05, 3.63) is 0 Å². The summed E-state index contributed by atoms with van der Waals surface area (Å²) in [5, 5.41) is 0. The van der Waals surface area contributed by atoms with Crippen LogP contribution < -0.4 is 5.73 Å². The first-order valence-electron chi connectivity index (χ1n) is 3.14. The highest BCUT2D eigenvalue weighted by Gasteiger charge is 2.28.